The Labute approximate surface area is 198 Å². The van der Waals surface area contributed by atoms with Gasteiger partial charge in [-0.25, -0.2) is 4.68 Å². The maximum absolute atomic E-state index is 13.6. The van der Waals surface area contributed by atoms with E-state index in [0.29, 0.717) is 5.69 Å². The second-order valence-corrected chi connectivity index (χ2v) is 9.47. The van der Waals surface area contributed by atoms with Crippen LogP contribution in [-0.2, 0) is 14.4 Å². The van der Waals surface area contributed by atoms with Crippen LogP contribution in [0.2, 0.25) is 0 Å². The van der Waals surface area contributed by atoms with Crippen LogP contribution in [-0.4, -0.2) is 82.1 Å². The molecule has 184 valence electrons. The molecule has 1 aromatic carbocycles. The summed E-state index contributed by atoms with van der Waals surface area (Å²) in [6.07, 6.45) is 1.14. The van der Waals surface area contributed by atoms with E-state index >= 15 is 0 Å². The molecule has 0 aliphatic carbocycles. The Hall–Kier alpha value is -3.47. The van der Waals surface area contributed by atoms with Gasteiger partial charge in [0.2, 0.25) is 17.7 Å². The van der Waals surface area contributed by atoms with E-state index in [0.717, 1.165) is 11.3 Å². The predicted molar refractivity (Wildman–Crippen MR) is 127 cm³/mol. The average molecular weight is 472 g/mol. The monoisotopic (exact) mass is 471 g/mol. The third kappa shape index (κ3) is 5.53. The third-order valence-electron chi connectivity index (χ3n) is 5.83. The van der Waals surface area contributed by atoms with Crippen molar-refractivity contribution >= 4 is 23.4 Å². The van der Waals surface area contributed by atoms with Crippen LogP contribution in [0.15, 0.2) is 30.5 Å². The van der Waals surface area contributed by atoms with Crippen LogP contribution >= 0.6 is 0 Å². The summed E-state index contributed by atoms with van der Waals surface area (Å²) in [5.41, 5.74) is 1.54. The molecule has 1 saturated heterocycles. The second-order valence-electron chi connectivity index (χ2n) is 9.47. The number of aliphatic hydroxyl groups excluding tert-OH is 1. The highest BCUT2D eigenvalue weighted by molar-refractivity contribution is 5.90. The van der Waals surface area contributed by atoms with Crippen molar-refractivity contribution < 1.29 is 19.5 Å². The number of amides is 3. The minimum Gasteiger partial charge on any atom is -0.391 e. The first-order valence-corrected chi connectivity index (χ1v) is 11.2. The van der Waals surface area contributed by atoms with E-state index in [9.17, 15) is 19.5 Å². The molecule has 1 aliphatic rings. The number of likely N-dealkylation sites (tertiary alicyclic amines) is 1. The summed E-state index contributed by atoms with van der Waals surface area (Å²) in [6.45, 7) is 5.98. The van der Waals surface area contributed by atoms with Gasteiger partial charge in [0.05, 0.1) is 18.8 Å². The highest BCUT2D eigenvalue weighted by Gasteiger charge is 2.45. The van der Waals surface area contributed by atoms with Gasteiger partial charge in [0.25, 0.3) is 0 Å². The molecule has 11 nitrogen and oxygen atoms in total. The molecular formula is C23H33N7O4. The van der Waals surface area contributed by atoms with Crippen molar-refractivity contribution in [3.8, 4) is 11.3 Å². The van der Waals surface area contributed by atoms with Crippen LogP contribution in [0, 0.1) is 5.41 Å². The summed E-state index contributed by atoms with van der Waals surface area (Å²) in [7, 11) is 3.09. The predicted octanol–water partition coefficient (Wildman–Crippen LogP) is 0.398. The van der Waals surface area contributed by atoms with Crippen molar-refractivity contribution in [2.45, 2.75) is 45.4 Å². The van der Waals surface area contributed by atoms with E-state index in [-0.39, 0.29) is 37.2 Å². The Morgan fingerprint density at radius 1 is 1.21 bits per heavy atom. The van der Waals surface area contributed by atoms with Gasteiger partial charge in [0.15, 0.2) is 0 Å². The molecule has 3 atom stereocenters. The zero-order valence-corrected chi connectivity index (χ0v) is 20.2. The molecule has 4 N–H and O–H groups in total. The van der Waals surface area contributed by atoms with Crippen LogP contribution < -0.4 is 16.0 Å². The number of hydrogen-bond donors (Lipinski definition) is 4. The summed E-state index contributed by atoms with van der Waals surface area (Å²) in [4.78, 5) is 38.9. The summed E-state index contributed by atoms with van der Waals surface area (Å²) >= 11 is 0. The van der Waals surface area contributed by atoms with Gasteiger partial charge in [-0.05, 0) is 17.5 Å². The Morgan fingerprint density at radius 3 is 2.59 bits per heavy atom. The van der Waals surface area contributed by atoms with Gasteiger partial charge in [-0.15, -0.1) is 5.10 Å². The number of aliphatic hydroxyl groups is 1. The Bertz CT molecular complexity index is 1050. The lowest BCUT2D eigenvalue weighted by Crippen LogP contribution is -2.49. The number of nitrogens with zero attached hydrogens (tertiary/aromatic N) is 4. The van der Waals surface area contributed by atoms with Crippen molar-refractivity contribution in [3.63, 3.8) is 0 Å². The standard InChI is InChI=1S/C23H33N7O4/c1-23(2,3)20(22(34)29-12-16(31)10-18(29)21(33)25-5)30-13-17(27-28-30)14-7-6-8-15(9-14)26-11-19(32)24-4/h6-9,13,16,18,20,26,31H,10-12H2,1-5H3,(H,24,32)(H,25,33)/t16?,18-,20?/m1/s1. The minimum absolute atomic E-state index is 0.0874. The molecule has 0 bridgehead atoms. The molecular weight excluding hydrogens is 438 g/mol. The number of benzene rings is 1. The zero-order valence-electron chi connectivity index (χ0n) is 20.2. The first kappa shape index (κ1) is 25.2. The molecule has 0 spiro atoms. The summed E-state index contributed by atoms with van der Waals surface area (Å²) in [5.74, 6) is -0.738. The Balaban J connectivity index is 1.88. The van der Waals surface area contributed by atoms with Crippen molar-refractivity contribution in [2.24, 2.45) is 5.41 Å². The van der Waals surface area contributed by atoms with Gasteiger partial charge in [-0.2, -0.15) is 0 Å². The molecule has 2 aromatic rings. The van der Waals surface area contributed by atoms with Crippen LogP contribution in [0.1, 0.15) is 33.2 Å². The number of aromatic nitrogens is 3. The third-order valence-corrected chi connectivity index (χ3v) is 5.83. The summed E-state index contributed by atoms with van der Waals surface area (Å²) < 4.78 is 1.52. The van der Waals surface area contributed by atoms with Crippen molar-refractivity contribution in [3.05, 3.63) is 30.5 Å². The molecule has 3 amide bonds. The minimum atomic E-state index is -0.761. The number of rotatable bonds is 7. The molecule has 34 heavy (non-hydrogen) atoms. The maximum Gasteiger partial charge on any atom is 0.248 e. The molecule has 11 heteroatoms. The molecule has 0 saturated carbocycles. The fourth-order valence-electron chi connectivity index (χ4n) is 4.10. The van der Waals surface area contributed by atoms with Crippen LogP contribution in [0.3, 0.4) is 0 Å². The fourth-order valence-corrected chi connectivity index (χ4v) is 4.10. The van der Waals surface area contributed by atoms with Crippen LogP contribution in [0.4, 0.5) is 5.69 Å². The van der Waals surface area contributed by atoms with Gasteiger partial charge in [0, 0.05) is 38.3 Å². The van der Waals surface area contributed by atoms with Gasteiger partial charge in [-0.1, -0.05) is 38.1 Å². The first-order valence-electron chi connectivity index (χ1n) is 11.2. The van der Waals surface area contributed by atoms with E-state index in [2.05, 4.69) is 26.3 Å². The largest absolute Gasteiger partial charge is 0.391 e. The number of carbonyl (C=O) groups is 3. The lowest BCUT2D eigenvalue weighted by atomic mass is 9.85. The first-order chi connectivity index (χ1) is 16.0. The molecule has 1 aliphatic heterocycles. The number of hydrogen-bond acceptors (Lipinski definition) is 7. The van der Waals surface area contributed by atoms with Crippen LogP contribution in [0.25, 0.3) is 11.3 Å². The number of β-amino-alcohol motifs (C(OH)–C–C–N with tert-alkyl or cyclic N) is 1. The number of likely N-dealkylation sites (N-methyl/N-ethyl adjacent to an activating group) is 2. The van der Waals surface area contributed by atoms with Gasteiger partial charge < -0.3 is 26.0 Å². The molecule has 2 heterocycles. The Morgan fingerprint density at radius 2 is 1.94 bits per heavy atom. The summed E-state index contributed by atoms with van der Waals surface area (Å²) in [6, 6.07) is 5.93. The second kappa shape index (κ2) is 10.2. The summed E-state index contributed by atoms with van der Waals surface area (Å²) in [5, 5.41) is 26.9. The Kier molecular flexibility index (Phi) is 7.55. The highest BCUT2D eigenvalue weighted by atomic mass is 16.3. The molecule has 2 unspecified atom stereocenters. The quantitative estimate of drug-likeness (QED) is 0.458. The van der Waals surface area contributed by atoms with Crippen molar-refractivity contribution in [2.75, 3.05) is 32.5 Å². The number of anilines is 1. The average Bonchev–Trinajstić information content (AvgIpc) is 3.43. The van der Waals surface area contributed by atoms with E-state index in [1.807, 2.05) is 45.0 Å². The maximum atomic E-state index is 13.6. The topological polar surface area (TPSA) is 141 Å². The van der Waals surface area contributed by atoms with E-state index in [1.165, 1.54) is 16.6 Å². The van der Waals surface area contributed by atoms with Crippen molar-refractivity contribution in [1.29, 1.82) is 0 Å². The normalized spacial score (nSPS) is 18.9. The SMILES string of the molecule is CNC(=O)CNc1cccc(-c2cn(C(C(=O)N3CC(O)C[C@@H]3C(=O)NC)C(C)(C)C)nn2)c1. The van der Waals surface area contributed by atoms with E-state index in [4.69, 9.17) is 0 Å². The lowest BCUT2D eigenvalue weighted by molar-refractivity contribution is -0.144. The van der Waals surface area contributed by atoms with E-state index < -0.39 is 23.6 Å². The van der Waals surface area contributed by atoms with Crippen molar-refractivity contribution in [1.82, 2.24) is 30.5 Å². The lowest BCUT2D eigenvalue weighted by Gasteiger charge is -2.34. The zero-order chi connectivity index (χ0) is 25.0. The van der Waals surface area contributed by atoms with Crippen LogP contribution in [0.5, 0.6) is 0 Å². The molecule has 1 aromatic heterocycles. The molecule has 0 radical (unpaired) electrons. The number of carbonyl (C=O) groups excluding carboxylic acids is 3. The van der Waals surface area contributed by atoms with E-state index in [1.54, 1.807) is 13.2 Å². The van der Waals surface area contributed by atoms with Gasteiger partial charge in [-0.3, -0.25) is 14.4 Å². The number of nitrogens with one attached hydrogen (secondary N) is 3. The molecule has 3 rings (SSSR count). The van der Waals surface area contributed by atoms with Gasteiger partial charge in [0.1, 0.15) is 17.8 Å². The fraction of sp³-hybridized carbons (Fsp3) is 0.522. The van der Waals surface area contributed by atoms with Gasteiger partial charge >= 0.3 is 0 Å². The highest BCUT2D eigenvalue weighted by Crippen LogP contribution is 2.35. The molecule has 1 fully saturated rings. The smallest absolute Gasteiger partial charge is 0.248 e.